The number of nitrogens with one attached hydrogen (secondary N) is 1. The highest BCUT2D eigenvalue weighted by molar-refractivity contribution is 7.80. The van der Waals surface area contributed by atoms with E-state index in [0.29, 0.717) is 5.11 Å². The summed E-state index contributed by atoms with van der Waals surface area (Å²) in [6.07, 6.45) is 6.87. The van der Waals surface area contributed by atoms with E-state index < -0.39 is 0 Å². The second-order valence-electron chi connectivity index (χ2n) is 8.04. The standard InChI is InChI=1S/C24H29N3S/c1-4-19-13-10-12-18(3)21(19)25-22-24(15-8-5-9-16-24)27(23(28)26-22)20-14-7-6-11-17(20)2/h6-7,10-14H,4-5,8-9,15-16H2,1-3H3,(H,25,26,28). The van der Waals surface area contributed by atoms with Gasteiger partial charge in [-0.05, 0) is 68.1 Å². The number of benzene rings is 2. The van der Waals surface area contributed by atoms with Crippen molar-refractivity contribution >= 4 is 34.5 Å². The van der Waals surface area contributed by atoms with Crippen molar-refractivity contribution in [1.29, 1.82) is 0 Å². The Morgan fingerprint density at radius 3 is 2.43 bits per heavy atom. The molecule has 0 unspecified atom stereocenters. The summed E-state index contributed by atoms with van der Waals surface area (Å²) in [6, 6.07) is 15.0. The maximum absolute atomic E-state index is 5.82. The highest BCUT2D eigenvalue weighted by Crippen LogP contribution is 2.43. The summed E-state index contributed by atoms with van der Waals surface area (Å²) in [5, 5.41) is 4.45. The zero-order chi connectivity index (χ0) is 19.7. The Labute approximate surface area is 173 Å². The van der Waals surface area contributed by atoms with Crippen molar-refractivity contribution < 1.29 is 0 Å². The summed E-state index contributed by atoms with van der Waals surface area (Å²) in [7, 11) is 0. The molecule has 1 spiro atoms. The van der Waals surface area contributed by atoms with Crippen LogP contribution >= 0.6 is 12.2 Å². The average Bonchev–Trinajstić information content (AvgIpc) is 2.95. The van der Waals surface area contributed by atoms with Gasteiger partial charge in [0.05, 0.1) is 0 Å². The van der Waals surface area contributed by atoms with E-state index >= 15 is 0 Å². The molecular formula is C24H29N3S. The van der Waals surface area contributed by atoms with Crippen LogP contribution in [0.5, 0.6) is 0 Å². The number of rotatable bonds is 3. The molecule has 146 valence electrons. The second kappa shape index (κ2) is 7.67. The van der Waals surface area contributed by atoms with E-state index in [0.717, 1.165) is 25.1 Å². The molecule has 2 aliphatic rings. The van der Waals surface area contributed by atoms with Crippen molar-refractivity contribution in [2.75, 3.05) is 10.2 Å². The van der Waals surface area contributed by atoms with Crippen LogP contribution in [-0.4, -0.2) is 16.5 Å². The Morgan fingerprint density at radius 2 is 1.71 bits per heavy atom. The van der Waals surface area contributed by atoms with Crippen LogP contribution in [0.1, 0.15) is 55.7 Å². The number of aliphatic imine (C=N–C) groups is 1. The molecule has 28 heavy (non-hydrogen) atoms. The first-order valence-electron chi connectivity index (χ1n) is 10.4. The molecule has 4 heteroatoms. The lowest BCUT2D eigenvalue weighted by atomic mass is 9.79. The molecule has 1 fully saturated rings. The molecule has 2 aromatic rings. The monoisotopic (exact) mass is 391 g/mol. The summed E-state index contributed by atoms with van der Waals surface area (Å²) >= 11 is 5.82. The molecule has 0 bridgehead atoms. The minimum Gasteiger partial charge on any atom is -0.341 e. The minimum absolute atomic E-state index is 0.158. The highest BCUT2D eigenvalue weighted by atomic mass is 32.1. The van der Waals surface area contributed by atoms with Crippen LogP contribution < -0.4 is 10.2 Å². The lowest BCUT2D eigenvalue weighted by Crippen LogP contribution is -2.55. The summed E-state index contributed by atoms with van der Waals surface area (Å²) in [6.45, 7) is 6.54. The van der Waals surface area contributed by atoms with Crippen molar-refractivity contribution in [1.82, 2.24) is 0 Å². The largest absolute Gasteiger partial charge is 0.341 e. The van der Waals surface area contributed by atoms with Crippen LogP contribution in [0.2, 0.25) is 0 Å². The molecule has 1 N–H and O–H groups in total. The third-order valence-electron chi connectivity index (χ3n) is 6.29. The first-order valence-corrected chi connectivity index (χ1v) is 10.8. The molecule has 1 aliphatic carbocycles. The molecule has 0 radical (unpaired) electrons. The molecule has 0 aromatic heterocycles. The summed E-state index contributed by atoms with van der Waals surface area (Å²) in [5.74, 6) is 1.03. The number of hydrogen-bond acceptors (Lipinski definition) is 2. The zero-order valence-electron chi connectivity index (χ0n) is 17.1. The topological polar surface area (TPSA) is 27.6 Å². The van der Waals surface area contributed by atoms with Gasteiger partial charge in [-0.15, -0.1) is 0 Å². The molecule has 0 amide bonds. The fourth-order valence-corrected chi connectivity index (χ4v) is 5.11. The lowest BCUT2D eigenvalue weighted by Gasteiger charge is -2.43. The van der Waals surface area contributed by atoms with E-state index in [1.807, 2.05) is 0 Å². The van der Waals surface area contributed by atoms with Gasteiger partial charge in [-0.25, -0.2) is 4.99 Å². The molecule has 4 rings (SSSR count). The van der Waals surface area contributed by atoms with Crippen LogP contribution in [0.3, 0.4) is 0 Å². The first-order chi connectivity index (χ1) is 13.6. The van der Waals surface area contributed by atoms with E-state index in [-0.39, 0.29) is 5.54 Å². The number of para-hydroxylation sites is 2. The van der Waals surface area contributed by atoms with E-state index in [9.17, 15) is 0 Å². The Kier molecular flexibility index (Phi) is 5.24. The van der Waals surface area contributed by atoms with Crippen LogP contribution in [-0.2, 0) is 6.42 Å². The van der Waals surface area contributed by atoms with E-state index in [1.165, 1.54) is 47.3 Å². The minimum atomic E-state index is -0.158. The number of hydrogen-bond donors (Lipinski definition) is 1. The molecule has 2 aromatic carbocycles. The lowest BCUT2D eigenvalue weighted by molar-refractivity contribution is 0.386. The third kappa shape index (κ3) is 3.14. The molecule has 1 saturated carbocycles. The van der Waals surface area contributed by atoms with Gasteiger partial charge in [-0.3, -0.25) is 0 Å². The average molecular weight is 392 g/mol. The van der Waals surface area contributed by atoms with Gasteiger partial charge in [-0.1, -0.05) is 62.6 Å². The number of anilines is 2. The number of nitrogens with zero attached hydrogens (tertiary/aromatic N) is 2. The summed E-state index contributed by atoms with van der Waals surface area (Å²) in [5.41, 5.74) is 6.06. The van der Waals surface area contributed by atoms with E-state index in [2.05, 4.69) is 73.5 Å². The van der Waals surface area contributed by atoms with Crippen molar-refractivity contribution in [3.63, 3.8) is 0 Å². The molecule has 0 atom stereocenters. The molecule has 3 nitrogen and oxygen atoms in total. The van der Waals surface area contributed by atoms with Gasteiger partial charge in [0.15, 0.2) is 0 Å². The van der Waals surface area contributed by atoms with Gasteiger partial charge < -0.3 is 10.2 Å². The second-order valence-corrected chi connectivity index (χ2v) is 8.41. The van der Waals surface area contributed by atoms with Gasteiger partial charge in [0.2, 0.25) is 5.11 Å². The van der Waals surface area contributed by atoms with Crippen molar-refractivity contribution in [3.05, 3.63) is 59.2 Å². The van der Waals surface area contributed by atoms with Crippen molar-refractivity contribution in [2.45, 2.75) is 64.8 Å². The molecule has 1 heterocycles. The zero-order valence-corrected chi connectivity index (χ0v) is 17.9. The number of thiocarbonyl (C=S) groups is 1. The fourth-order valence-electron chi connectivity index (χ4n) is 4.75. The van der Waals surface area contributed by atoms with E-state index in [4.69, 9.17) is 17.2 Å². The van der Waals surface area contributed by atoms with Crippen LogP contribution in [0, 0.1) is 13.8 Å². The number of amidine groups is 1. The Morgan fingerprint density at radius 1 is 1.00 bits per heavy atom. The summed E-state index contributed by atoms with van der Waals surface area (Å²) < 4.78 is 0. The molecule has 1 aliphatic heterocycles. The van der Waals surface area contributed by atoms with Gasteiger partial charge in [0.25, 0.3) is 0 Å². The first kappa shape index (κ1) is 19.1. The van der Waals surface area contributed by atoms with Gasteiger partial charge in [0, 0.05) is 11.4 Å². The quantitative estimate of drug-likeness (QED) is 0.633. The van der Waals surface area contributed by atoms with Crippen LogP contribution in [0.4, 0.5) is 11.4 Å². The predicted octanol–water partition coefficient (Wildman–Crippen LogP) is 6.18. The summed E-state index contributed by atoms with van der Waals surface area (Å²) in [4.78, 5) is 7.28. The normalized spacial score (nSPS) is 18.5. The smallest absolute Gasteiger partial charge is 0.202 e. The van der Waals surface area contributed by atoms with Gasteiger partial charge in [0.1, 0.15) is 11.4 Å². The molecule has 0 saturated heterocycles. The van der Waals surface area contributed by atoms with Gasteiger partial charge in [-0.2, -0.15) is 0 Å². The number of aryl methyl sites for hydroxylation is 3. The van der Waals surface area contributed by atoms with Gasteiger partial charge >= 0.3 is 0 Å². The SMILES string of the molecule is CCc1cccc(C)c1NC1=NC(=S)N(c2ccccc2C)C12CCCCC2. The molecular weight excluding hydrogens is 362 g/mol. The maximum Gasteiger partial charge on any atom is 0.202 e. The van der Waals surface area contributed by atoms with Crippen LogP contribution in [0.15, 0.2) is 47.5 Å². The highest BCUT2D eigenvalue weighted by Gasteiger charge is 2.49. The Balaban J connectivity index is 1.79. The Hall–Kier alpha value is -2.20. The predicted molar refractivity (Wildman–Crippen MR) is 124 cm³/mol. The van der Waals surface area contributed by atoms with Crippen LogP contribution in [0.25, 0.3) is 0 Å². The van der Waals surface area contributed by atoms with Crippen molar-refractivity contribution in [3.8, 4) is 0 Å². The Bertz CT molecular complexity index is 925. The third-order valence-corrected chi connectivity index (χ3v) is 6.56. The van der Waals surface area contributed by atoms with Crippen molar-refractivity contribution in [2.24, 2.45) is 4.99 Å². The van der Waals surface area contributed by atoms with E-state index in [1.54, 1.807) is 0 Å². The maximum atomic E-state index is 5.82. The fraction of sp³-hybridized carbons (Fsp3) is 0.417.